The van der Waals surface area contributed by atoms with E-state index in [4.69, 9.17) is 11.6 Å². The van der Waals surface area contributed by atoms with E-state index in [0.29, 0.717) is 25.1 Å². The zero-order chi connectivity index (χ0) is 14.5. The first-order valence-corrected chi connectivity index (χ1v) is 6.03. The third-order valence-corrected chi connectivity index (χ3v) is 2.79. The summed E-state index contributed by atoms with van der Waals surface area (Å²) in [5.41, 5.74) is -0.543. The van der Waals surface area contributed by atoms with Crippen molar-refractivity contribution in [3.63, 3.8) is 0 Å². The monoisotopic (exact) mass is 294 g/mol. The van der Waals surface area contributed by atoms with E-state index in [1.165, 1.54) is 19.2 Å². The standard InChI is InChI=1S/C12H14ClF3N2O/c1-17-11(19)3-2-6-18-8-4-5-10(13)9(7-8)12(14,15)16/h4-5,7,18H,2-3,6H2,1H3,(H,17,19). The molecule has 0 saturated heterocycles. The lowest BCUT2D eigenvalue weighted by Gasteiger charge is -2.12. The number of anilines is 1. The number of amides is 1. The molecule has 1 aromatic carbocycles. The largest absolute Gasteiger partial charge is 0.417 e. The summed E-state index contributed by atoms with van der Waals surface area (Å²) in [7, 11) is 1.53. The van der Waals surface area contributed by atoms with Crippen LogP contribution in [-0.4, -0.2) is 19.5 Å². The highest BCUT2D eigenvalue weighted by Crippen LogP contribution is 2.36. The highest BCUT2D eigenvalue weighted by Gasteiger charge is 2.33. The fourth-order valence-electron chi connectivity index (χ4n) is 1.46. The summed E-state index contributed by atoms with van der Waals surface area (Å²) in [5, 5.41) is 4.96. The number of hydrogen-bond acceptors (Lipinski definition) is 2. The summed E-state index contributed by atoms with van der Waals surface area (Å²) in [6.07, 6.45) is -3.62. The summed E-state index contributed by atoms with van der Waals surface area (Å²) < 4.78 is 37.8. The molecule has 0 bridgehead atoms. The van der Waals surface area contributed by atoms with Crippen molar-refractivity contribution in [3.8, 4) is 0 Å². The molecular formula is C12H14ClF3N2O. The fraction of sp³-hybridized carbons (Fsp3) is 0.417. The molecular weight excluding hydrogens is 281 g/mol. The molecule has 1 aromatic rings. The Balaban J connectivity index is 2.58. The molecule has 0 unspecified atom stereocenters. The van der Waals surface area contributed by atoms with Crippen LogP contribution in [0.1, 0.15) is 18.4 Å². The van der Waals surface area contributed by atoms with Gasteiger partial charge in [-0.05, 0) is 24.6 Å². The lowest BCUT2D eigenvalue weighted by atomic mass is 10.2. The first kappa shape index (κ1) is 15.6. The molecule has 0 atom stereocenters. The van der Waals surface area contributed by atoms with Crippen molar-refractivity contribution in [2.45, 2.75) is 19.0 Å². The fourth-order valence-corrected chi connectivity index (χ4v) is 1.68. The second-order valence-electron chi connectivity index (χ2n) is 3.90. The van der Waals surface area contributed by atoms with E-state index in [2.05, 4.69) is 10.6 Å². The van der Waals surface area contributed by atoms with E-state index in [1.807, 2.05) is 0 Å². The SMILES string of the molecule is CNC(=O)CCCNc1ccc(Cl)c(C(F)(F)F)c1. The maximum atomic E-state index is 12.6. The van der Waals surface area contributed by atoms with Gasteiger partial charge in [0.25, 0.3) is 0 Å². The molecule has 0 aromatic heterocycles. The highest BCUT2D eigenvalue weighted by molar-refractivity contribution is 6.31. The molecule has 0 fully saturated rings. The van der Waals surface area contributed by atoms with Gasteiger partial charge in [-0.3, -0.25) is 4.79 Å². The normalized spacial score (nSPS) is 11.2. The van der Waals surface area contributed by atoms with Gasteiger partial charge < -0.3 is 10.6 Å². The van der Waals surface area contributed by atoms with Gasteiger partial charge in [-0.25, -0.2) is 0 Å². The van der Waals surface area contributed by atoms with Gasteiger partial charge in [-0.2, -0.15) is 13.2 Å². The van der Waals surface area contributed by atoms with Crippen molar-refractivity contribution < 1.29 is 18.0 Å². The minimum absolute atomic E-state index is 0.103. The number of benzene rings is 1. The molecule has 2 N–H and O–H groups in total. The topological polar surface area (TPSA) is 41.1 Å². The predicted octanol–water partition coefficient (Wildman–Crippen LogP) is 3.30. The van der Waals surface area contributed by atoms with Gasteiger partial charge in [0.1, 0.15) is 0 Å². The Morgan fingerprint density at radius 1 is 1.37 bits per heavy atom. The van der Waals surface area contributed by atoms with Crippen molar-refractivity contribution in [2.24, 2.45) is 0 Å². The van der Waals surface area contributed by atoms with E-state index in [-0.39, 0.29) is 10.9 Å². The molecule has 106 valence electrons. The van der Waals surface area contributed by atoms with Crippen LogP contribution in [-0.2, 0) is 11.0 Å². The molecule has 0 spiro atoms. The van der Waals surface area contributed by atoms with Crippen LogP contribution in [0.15, 0.2) is 18.2 Å². The molecule has 3 nitrogen and oxygen atoms in total. The van der Waals surface area contributed by atoms with E-state index in [0.717, 1.165) is 6.07 Å². The molecule has 1 amide bonds. The molecule has 19 heavy (non-hydrogen) atoms. The number of nitrogens with one attached hydrogen (secondary N) is 2. The quantitative estimate of drug-likeness (QED) is 0.818. The number of alkyl halides is 3. The smallest absolute Gasteiger partial charge is 0.385 e. The Hall–Kier alpha value is -1.43. The first-order chi connectivity index (χ1) is 8.84. The van der Waals surface area contributed by atoms with E-state index in [9.17, 15) is 18.0 Å². The molecule has 0 aliphatic carbocycles. The number of carbonyl (C=O) groups is 1. The second kappa shape index (κ2) is 6.65. The summed E-state index contributed by atoms with van der Waals surface area (Å²) in [4.78, 5) is 10.9. The Morgan fingerprint density at radius 2 is 2.05 bits per heavy atom. The van der Waals surface area contributed by atoms with Gasteiger partial charge in [0, 0.05) is 25.7 Å². The minimum Gasteiger partial charge on any atom is -0.385 e. The zero-order valence-corrected chi connectivity index (χ0v) is 11.0. The van der Waals surface area contributed by atoms with Gasteiger partial charge in [0.15, 0.2) is 0 Å². The van der Waals surface area contributed by atoms with Crippen molar-refractivity contribution in [1.82, 2.24) is 5.32 Å². The zero-order valence-electron chi connectivity index (χ0n) is 10.3. The third-order valence-electron chi connectivity index (χ3n) is 2.46. The van der Waals surface area contributed by atoms with Crippen LogP contribution in [0, 0.1) is 0 Å². The molecule has 0 aliphatic rings. The Morgan fingerprint density at radius 3 is 2.63 bits per heavy atom. The molecule has 0 aliphatic heterocycles. The van der Waals surface area contributed by atoms with Crippen LogP contribution in [0.25, 0.3) is 0 Å². The van der Waals surface area contributed by atoms with Crippen LogP contribution in [0.5, 0.6) is 0 Å². The van der Waals surface area contributed by atoms with E-state index < -0.39 is 11.7 Å². The second-order valence-corrected chi connectivity index (χ2v) is 4.30. The van der Waals surface area contributed by atoms with Crippen LogP contribution < -0.4 is 10.6 Å². The molecule has 1 rings (SSSR count). The average Bonchev–Trinajstić information content (AvgIpc) is 2.34. The number of halogens is 4. The number of hydrogen-bond donors (Lipinski definition) is 2. The lowest BCUT2D eigenvalue weighted by molar-refractivity contribution is -0.137. The Labute approximate surface area is 114 Å². The van der Waals surface area contributed by atoms with Gasteiger partial charge >= 0.3 is 6.18 Å². The van der Waals surface area contributed by atoms with Gasteiger partial charge in [-0.15, -0.1) is 0 Å². The molecule has 0 radical (unpaired) electrons. The summed E-state index contributed by atoms with van der Waals surface area (Å²) >= 11 is 5.50. The maximum absolute atomic E-state index is 12.6. The molecule has 0 saturated carbocycles. The van der Waals surface area contributed by atoms with Crippen LogP contribution in [0.2, 0.25) is 5.02 Å². The minimum atomic E-state index is -4.48. The van der Waals surface area contributed by atoms with Crippen molar-refractivity contribution in [2.75, 3.05) is 18.9 Å². The Kier molecular flexibility index (Phi) is 5.47. The van der Waals surface area contributed by atoms with Gasteiger partial charge in [-0.1, -0.05) is 11.6 Å². The molecule has 7 heteroatoms. The van der Waals surface area contributed by atoms with E-state index in [1.54, 1.807) is 0 Å². The maximum Gasteiger partial charge on any atom is 0.417 e. The first-order valence-electron chi connectivity index (χ1n) is 5.66. The van der Waals surface area contributed by atoms with Crippen LogP contribution >= 0.6 is 11.6 Å². The number of carbonyl (C=O) groups excluding carboxylic acids is 1. The van der Waals surface area contributed by atoms with Crippen molar-refractivity contribution in [3.05, 3.63) is 28.8 Å². The van der Waals surface area contributed by atoms with Gasteiger partial charge in [0.05, 0.1) is 10.6 Å². The Bertz CT molecular complexity index is 449. The summed E-state index contributed by atoms with van der Waals surface area (Å²) in [5.74, 6) is -0.103. The van der Waals surface area contributed by atoms with Crippen LogP contribution in [0.4, 0.5) is 18.9 Å². The van der Waals surface area contributed by atoms with Gasteiger partial charge in [0.2, 0.25) is 5.91 Å². The third kappa shape index (κ3) is 4.98. The number of rotatable bonds is 5. The predicted molar refractivity (Wildman–Crippen MR) is 68.2 cm³/mol. The highest BCUT2D eigenvalue weighted by atomic mass is 35.5. The lowest BCUT2D eigenvalue weighted by Crippen LogP contribution is -2.18. The van der Waals surface area contributed by atoms with Crippen molar-refractivity contribution >= 4 is 23.2 Å². The van der Waals surface area contributed by atoms with Crippen LogP contribution in [0.3, 0.4) is 0 Å². The van der Waals surface area contributed by atoms with E-state index >= 15 is 0 Å². The molecule has 0 heterocycles. The van der Waals surface area contributed by atoms with Crippen molar-refractivity contribution in [1.29, 1.82) is 0 Å². The summed E-state index contributed by atoms with van der Waals surface area (Å²) in [6.45, 7) is 0.409. The summed E-state index contributed by atoms with van der Waals surface area (Å²) in [6, 6.07) is 3.63. The average molecular weight is 295 g/mol.